The molecule has 3 rings (SSSR count). The van der Waals surface area contributed by atoms with Gasteiger partial charge < -0.3 is 0 Å². The van der Waals surface area contributed by atoms with Gasteiger partial charge in [0.25, 0.3) is 0 Å². The zero-order chi connectivity index (χ0) is 11.5. The van der Waals surface area contributed by atoms with Gasteiger partial charge in [-0.2, -0.15) is 0 Å². The Morgan fingerprint density at radius 3 is 2.59 bits per heavy atom. The Morgan fingerprint density at radius 1 is 1.06 bits per heavy atom. The first kappa shape index (κ1) is 10.4. The second-order valence-corrected chi connectivity index (χ2v) is 4.20. The third-order valence-electron chi connectivity index (χ3n) is 2.93. The van der Waals surface area contributed by atoms with Crippen LogP contribution in [-0.2, 0) is 0 Å². The van der Waals surface area contributed by atoms with Crippen LogP contribution in [0.5, 0.6) is 0 Å². The van der Waals surface area contributed by atoms with Gasteiger partial charge in [-0.05, 0) is 0 Å². The Kier molecular flexibility index (Phi) is 2.82. The second-order valence-electron chi connectivity index (χ2n) is 4.20. The van der Waals surface area contributed by atoms with E-state index >= 15 is 0 Å². The first-order chi connectivity index (χ1) is 8.43. The second kappa shape index (κ2) is 4.61. The molecule has 0 unspecified atom stereocenters. The van der Waals surface area contributed by atoms with Crippen molar-refractivity contribution >= 4 is 18.6 Å². The molecular formula is C12H14BN4+. The molecule has 84 valence electrons. The molecule has 0 aliphatic heterocycles. The molecule has 0 aromatic carbocycles. The van der Waals surface area contributed by atoms with Crippen molar-refractivity contribution < 1.29 is 4.59 Å². The fourth-order valence-electron chi connectivity index (χ4n) is 2.01. The summed E-state index contributed by atoms with van der Waals surface area (Å²) in [6.45, 7) is 0. The first-order valence-corrected chi connectivity index (χ1v) is 6.02. The fourth-order valence-corrected chi connectivity index (χ4v) is 2.01. The normalized spacial score (nSPS) is 18.8. The van der Waals surface area contributed by atoms with E-state index in [2.05, 4.69) is 46.9 Å². The summed E-state index contributed by atoms with van der Waals surface area (Å²) in [5.74, 6) is 0. The van der Waals surface area contributed by atoms with E-state index < -0.39 is 0 Å². The number of hydrogen-bond donors (Lipinski definition) is 0. The first-order valence-electron chi connectivity index (χ1n) is 6.02. The van der Waals surface area contributed by atoms with Crippen molar-refractivity contribution in [3.8, 4) is 0 Å². The van der Waals surface area contributed by atoms with Gasteiger partial charge in [0.05, 0.1) is 0 Å². The van der Waals surface area contributed by atoms with Crippen molar-refractivity contribution in [2.24, 2.45) is 0 Å². The van der Waals surface area contributed by atoms with Gasteiger partial charge >= 0.3 is 100 Å². The maximum atomic E-state index is 4.15. The van der Waals surface area contributed by atoms with Gasteiger partial charge in [-0.15, -0.1) is 0 Å². The molecular weight excluding hydrogens is 211 g/mol. The molecule has 2 aliphatic rings. The number of nitrogens with zero attached hydrogens (tertiary/aromatic N) is 4. The Bertz CT molecular complexity index is 490. The van der Waals surface area contributed by atoms with Crippen LogP contribution in [0.15, 0.2) is 36.5 Å². The summed E-state index contributed by atoms with van der Waals surface area (Å²) in [5.41, 5.74) is 2.20. The van der Waals surface area contributed by atoms with Gasteiger partial charge in [-0.3, -0.25) is 0 Å². The van der Waals surface area contributed by atoms with Gasteiger partial charge in [0.1, 0.15) is 0 Å². The Labute approximate surface area is 101 Å². The van der Waals surface area contributed by atoms with Crippen LogP contribution < -0.4 is 4.59 Å². The van der Waals surface area contributed by atoms with Crippen LogP contribution in [0.1, 0.15) is 25.7 Å². The van der Waals surface area contributed by atoms with Crippen molar-refractivity contribution in [2.45, 2.75) is 25.7 Å². The molecule has 1 aromatic heterocycles. The van der Waals surface area contributed by atoms with E-state index in [9.17, 15) is 0 Å². The van der Waals surface area contributed by atoms with Gasteiger partial charge in [0.2, 0.25) is 0 Å². The van der Waals surface area contributed by atoms with Crippen LogP contribution in [0.25, 0.3) is 11.4 Å². The molecule has 4 nitrogen and oxygen atoms in total. The summed E-state index contributed by atoms with van der Waals surface area (Å²) in [5, 5.41) is 8.30. The van der Waals surface area contributed by atoms with Crippen molar-refractivity contribution in [1.82, 2.24) is 15.0 Å². The summed E-state index contributed by atoms with van der Waals surface area (Å²) < 4.78 is 3.64. The number of rotatable bonds is 2. The Balaban J connectivity index is 1.87. The third-order valence-corrected chi connectivity index (χ3v) is 2.93. The van der Waals surface area contributed by atoms with E-state index in [1.165, 1.54) is 0 Å². The van der Waals surface area contributed by atoms with Crippen molar-refractivity contribution in [2.75, 3.05) is 0 Å². The monoisotopic (exact) mass is 225 g/mol. The average Bonchev–Trinajstić information content (AvgIpc) is 2.90. The molecule has 0 amide bonds. The predicted molar refractivity (Wildman–Crippen MR) is 66.9 cm³/mol. The zero-order valence-electron chi connectivity index (χ0n) is 9.66. The standard InChI is InChI=1S/C12H14BN4/c1-3-7-11(8-4-1)16-13-17(15-14-16)12-9-5-2-6-10-12/h3,5,7-10H,1-2,4,6H2/q+1. The molecule has 17 heavy (non-hydrogen) atoms. The predicted octanol–water partition coefficient (Wildman–Crippen LogP) is 1.29. The van der Waals surface area contributed by atoms with Gasteiger partial charge in [-0.1, -0.05) is 0 Å². The van der Waals surface area contributed by atoms with Crippen molar-refractivity contribution in [3.05, 3.63) is 36.5 Å². The van der Waals surface area contributed by atoms with Crippen molar-refractivity contribution in [1.29, 1.82) is 0 Å². The Hall–Kier alpha value is -1.78. The number of aromatic nitrogens is 4. The minimum absolute atomic E-state index is 1.08. The third kappa shape index (κ3) is 2.18. The van der Waals surface area contributed by atoms with E-state index in [0.29, 0.717) is 0 Å². The van der Waals surface area contributed by atoms with Crippen LogP contribution >= 0.6 is 0 Å². The van der Waals surface area contributed by atoms with Crippen LogP contribution in [0.4, 0.5) is 0 Å². The summed E-state index contributed by atoms with van der Waals surface area (Å²) in [7, 11) is 1.92. The molecule has 0 bridgehead atoms. The Morgan fingerprint density at radius 2 is 1.88 bits per heavy atom. The molecule has 0 spiro atoms. The summed E-state index contributed by atoms with van der Waals surface area (Å²) in [6.07, 6.45) is 17.3. The number of allylic oxidation sites excluding steroid dienone is 8. The molecule has 0 fully saturated rings. The number of hydrogen-bond acceptors (Lipinski definition) is 2. The van der Waals surface area contributed by atoms with Crippen LogP contribution in [0.3, 0.4) is 0 Å². The molecule has 2 aliphatic carbocycles. The molecule has 1 heterocycles. The molecule has 0 N–H and O–H groups in total. The topological polar surface area (TPSA) is 34.6 Å². The van der Waals surface area contributed by atoms with E-state index in [4.69, 9.17) is 0 Å². The van der Waals surface area contributed by atoms with Gasteiger partial charge in [0.15, 0.2) is 0 Å². The van der Waals surface area contributed by atoms with Gasteiger partial charge in [-0.25, -0.2) is 0 Å². The van der Waals surface area contributed by atoms with Crippen LogP contribution in [-0.4, -0.2) is 22.2 Å². The zero-order valence-corrected chi connectivity index (χ0v) is 9.66. The molecule has 1 aromatic rings. The fraction of sp³-hybridized carbons (Fsp3) is 0.333. The average molecular weight is 225 g/mol. The van der Waals surface area contributed by atoms with Crippen LogP contribution in [0, 0.1) is 0 Å². The summed E-state index contributed by atoms with van der Waals surface area (Å²) >= 11 is 0. The molecule has 5 heteroatoms. The quantitative estimate of drug-likeness (QED) is 0.759. The minimum atomic E-state index is 1.08. The molecule has 0 saturated carbocycles. The molecule has 0 radical (unpaired) electrons. The summed E-state index contributed by atoms with van der Waals surface area (Å²) in [6, 6.07) is 0. The SMILES string of the molecule is b1n(C2=CCCC=C2)nn[n+]1C1=CCCC=C1. The molecule has 0 atom stereocenters. The van der Waals surface area contributed by atoms with E-state index in [0.717, 1.165) is 37.1 Å². The van der Waals surface area contributed by atoms with Crippen molar-refractivity contribution in [3.63, 3.8) is 0 Å². The van der Waals surface area contributed by atoms with E-state index in [-0.39, 0.29) is 0 Å². The summed E-state index contributed by atoms with van der Waals surface area (Å²) in [4.78, 5) is 0. The van der Waals surface area contributed by atoms with Crippen LogP contribution in [0.2, 0.25) is 0 Å². The maximum absolute atomic E-state index is 4.15. The molecule has 0 saturated heterocycles. The van der Waals surface area contributed by atoms with E-state index in [1.54, 1.807) is 0 Å². The van der Waals surface area contributed by atoms with Gasteiger partial charge in [0, 0.05) is 0 Å². The van der Waals surface area contributed by atoms with E-state index in [1.807, 2.05) is 16.4 Å².